The number of piperazine rings is 1. The summed E-state index contributed by atoms with van der Waals surface area (Å²) in [5.74, 6) is 0.349. The fraction of sp³-hybridized carbons (Fsp3) is 0.480. The lowest BCUT2D eigenvalue weighted by molar-refractivity contribution is -0.134. The van der Waals surface area contributed by atoms with Crippen molar-refractivity contribution >= 4 is 15.7 Å². The van der Waals surface area contributed by atoms with Crippen LogP contribution < -0.4 is 0 Å². The summed E-state index contributed by atoms with van der Waals surface area (Å²) in [4.78, 5) is 19.4. The van der Waals surface area contributed by atoms with E-state index in [1.54, 1.807) is 4.90 Å². The first-order valence-electron chi connectivity index (χ1n) is 11.5. The molecule has 1 unspecified atom stereocenters. The van der Waals surface area contributed by atoms with Gasteiger partial charge < -0.3 is 4.90 Å². The van der Waals surface area contributed by atoms with E-state index in [1.807, 2.05) is 19.1 Å². The average Bonchev–Trinajstić information content (AvgIpc) is 3.16. The minimum Gasteiger partial charge on any atom is -0.338 e. The highest BCUT2D eigenvalue weighted by Gasteiger charge is 2.35. The molecule has 0 spiro atoms. The molecule has 2 aliphatic heterocycles. The van der Waals surface area contributed by atoms with Gasteiger partial charge in [0.25, 0.3) is 0 Å². The first-order valence-corrected chi connectivity index (χ1v) is 13.3. The summed E-state index contributed by atoms with van der Waals surface area (Å²) in [5, 5.41) is 0. The molecular formula is C25H33N3O3S. The molecule has 2 aromatic carbocycles. The summed E-state index contributed by atoms with van der Waals surface area (Å²) in [5.41, 5.74) is 2.56. The van der Waals surface area contributed by atoms with E-state index in [1.165, 1.54) is 11.1 Å². The Bertz CT molecular complexity index is 950. The van der Waals surface area contributed by atoms with Crippen LogP contribution in [0.4, 0.5) is 0 Å². The number of carbonyl (C=O) groups is 1. The smallest absolute Gasteiger partial charge is 0.237 e. The van der Waals surface area contributed by atoms with Gasteiger partial charge in [-0.1, -0.05) is 60.7 Å². The lowest BCUT2D eigenvalue weighted by atomic mass is 9.96. The number of carbonyl (C=O) groups excluding carboxylic acids is 1. The van der Waals surface area contributed by atoms with Crippen LogP contribution in [0.25, 0.3) is 0 Å². The van der Waals surface area contributed by atoms with Gasteiger partial charge in [-0.15, -0.1) is 0 Å². The Morgan fingerprint density at radius 3 is 2.00 bits per heavy atom. The molecule has 4 rings (SSSR count). The molecule has 2 heterocycles. The van der Waals surface area contributed by atoms with Crippen molar-refractivity contribution in [1.82, 2.24) is 14.7 Å². The van der Waals surface area contributed by atoms with Gasteiger partial charge in [0.2, 0.25) is 5.91 Å². The third kappa shape index (κ3) is 5.39. The largest absolute Gasteiger partial charge is 0.338 e. The molecule has 2 aliphatic rings. The number of benzene rings is 2. The second-order valence-corrected chi connectivity index (χ2v) is 11.0. The Hall–Kier alpha value is -2.22. The van der Waals surface area contributed by atoms with Gasteiger partial charge in [0, 0.05) is 38.8 Å². The SMILES string of the molecule is CCN(C(=O)CN1CCN(C(c2ccccc2)c2ccccc2)CC1)C1CCS(=O)(=O)C1. The van der Waals surface area contributed by atoms with E-state index in [4.69, 9.17) is 0 Å². The predicted molar refractivity (Wildman–Crippen MR) is 127 cm³/mol. The molecule has 32 heavy (non-hydrogen) atoms. The standard InChI is InChI=1S/C25H33N3O3S/c1-2-28(23-13-18-32(30,31)20-23)24(29)19-26-14-16-27(17-15-26)25(21-9-5-3-6-10-21)22-11-7-4-8-12-22/h3-12,23,25H,2,13-20H2,1H3. The second kappa shape index (κ2) is 10.1. The average molecular weight is 456 g/mol. The summed E-state index contributed by atoms with van der Waals surface area (Å²) in [7, 11) is -3.00. The molecule has 2 saturated heterocycles. The third-order valence-electron chi connectivity index (χ3n) is 6.67. The van der Waals surface area contributed by atoms with Gasteiger partial charge in [-0.25, -0.2) is 8.42 Å². The molecule has 2 aromatic rings. The van der Waals surface area contributed by atoms with E-state index in [2.05, 4.69) is 58.3 Å². The number of amides is 1. The van der Waals surface area contributed by atoms with E-state index in [-0.39, 0.29) is 29.5 Å². The third-order valence-corrected chi connectivity index (χ3v) is 8.42. The van der Waals surface area contributed by atoms with Crippen LogP contribution in [-0.2, 0) is 14.6 Å². The first kappa shape index (κ1) is 23.0. The van der Waals surface area contributed by atoms with Gasteiger partial charge in [0.15, 0.2) is 9.84 Å². The number of likely N-dealkylation sites (N-methyl/N-ethyl adjacent to an activating group) is 1. The number of nitrogens with zero attached hydrogens (tertiary/aromatic N) is 3. The number of hydrogen-bond acceptors (Lipinski definition) is 5. The molecule has 0 aliphatic carbocycles. The van der Waals surface area contributed by atoms with Gasteiger partial charge in [-0.05, 0) is 24.5 Å². The predicted octanol–water partition coefficient (Wildman–Crippen LogP) is 2.43. The second-order valence-electron chi connectivity index (χ2n) is 8.77. The molecule has 0 N–H and O–H groups in total. The fourth-order valence-corrected chi connectivity index (χ4v) is 6.74. The summed E-state index contributed by atoms with van der Waals surface area (Å²) in [6.07, 6.45) is 0.561. The van der Waals surface area contributed by atoms with Gasteiger partial charge in [0.05, 0.1) is 24.1 Å². The molecule has 0 radical (unpaired) electrons. The zero-order chi connectivity index (χ0) is 22.6. The zero-order valence-electron chi connectivity index (χ0n) is 18.8. The molecule has 172 valence electrons. The molecule has 0 aromatic heterocycles. The van der Waals surface area contributed by atoms with E-state index in [0.29, 0.717) is 19.5 Å². The van der Waals surface area contributed by atoms with Crippen LogP contribution in [0.5, 0.6) is 0 Å². The van der Waals surface area contributed by atoms with Gasteiger partial charge in [-0.2, -0.15) is 0 Å². The van der Waals surface area contributed by atoms with Gasteiger partial charge in [0.1, 0.15) is 0 Å². The number of sulfone groups is 1. The maximum Gasteiger partial charge on any atom is 0.237 e. The highest BCUT2D eigenvalue weighted by molar-refractivity contribution is 7.91. The maximum absolute atomic E-state index is 13.0. The van der Waals surface area contributed by atoms with Crippen molar-refractivity contribution in [2.24, 2.45) is 0 Å². The summed E-state index contributed by atoms with van der Waals surface area (Å²) < 4.78 is 23.7. The minimum absolute atomic E-state index is 0.0470. The number of hydrogen-bond donors (Lipinski definition) is 0. The van der Waals surface area contributed by atoms with E-state index >= 15 is 0 Å². The van der Waals surface area contributed by atoms with E-state index in [9.17, 15) is 13.2 Å². The minimum atomic E-state index is -3.00. The molecule has 1 atom stereocenters. The quantitative estimate of drug-likeness (QED) is 0.642. The van der Waals surface area contributed by atoms with Gasteiger partial charge in [-0.3, -0.25) is 14.6 Å². The Morgan fingerprint density at radius 1 is 0.969 bits per heavy atom. The Kier molecular flexibility index (Phi) is 7.28. The van der Waals surface area contributed by atoms with Crippen LogP contribution in [0.15, 0.2) is 60.7 Å². The molecule has 0 saturated carbocycles. The lowest BCUT2D eigenvalue weighted by Crippen LogP contribution is -2.52. The van der Waals surface area contributed by atoms with Crippen molar-refractivity contribution in [1.29, 1.82) is 0 Å². The molecule has 1 amide bonds. The Labute approximate surface area is 191 Å². The zero-order valence-corrected chi connectivity index (χ0v) is 19.6. The van der Waals surface area contributed by atoms with Crippen molar-refractivity contribution in [2.75, 3.05) is 50.8 Å². The fourth-order valence-electron chi connectivity index (χ4n) is 5.01. The molecular weight excluding hydrogens is 422 g/mol. The topological polar surface area (TPSA) is 60.9 Å². The summed E-state index contributed by atoms with van der Waals surface area (Å²) >= 11 is 0. The lowest BCUT2D eigenvalue weighted by Gasteiger charge is -2.40. The van der Waals surface area contributed by atoms with E-state index in [0.717, 1.165) is 26.2 Å². The summed E-state index contributed by atoms with van der Waals surface area (Å²) in [6.45, 7) is 6.26. The van der Waals surface area contributed by atoms with Crippen molar-refractivity contribution in [2.45, 2.75) is 25.4 Å². The van der Waals surface area contributed by atoms with Crippen LogP contribution in [0.3, 0.4) is 0 Å². The Morgan fingerprint density at radius 2 is 1.53 bits per heavy atom. The molecule has 7 heteroatoms. The molecule has 2 fully saturated rings. The molecule has 0 bridgehead atoms. The van der Waals surface area contributed by atoms with Crippen LogP contribution in [0, 0.1) is 0 Å². The van der Waals surface area contributed by atoms with Crippen molar-refractivity contribution in [3.8, 4) is 0 Å². The van der Waals surface area contributed by atoms with Gasteiger partial charge >= 0.3 is 0 Å². The highest BCUT2D eigenvalue weighted by Crippen LogP contribution is 2.29. The monoisotopic (exact) mass is 455 g/mol. The highest BCUT2D eigenvalue weighted by atomic mass is 32.2. The van der Waals surface area contributed by atoms with Crippen molar-refractivity contribution in [3.05, 3.63) is 71.8 Å². The number of rotatable bonds is 7. The van der Waals surface area contributed by atoms with Crippen LogP contribution in [-0.4, -0.2) is 85.8 Å². The summed E-state index contributed by atoms with van der Waals surface area (Å²) in [6, 6.07) is 21.2. The normalized spacial score (nSPS) is 21.6. The van der Waals surface area contributed by atoms with Crippen LogP contribution in [0.1, 0.15) is 30.5 Å². The van der Waals surface area contributed by atoms with Crippen LogP contribution >= 0.6 is 0 Å². The maximum atomic E-state index is 13.0. The molecule has 6 nitrogen and oxygen atoms in total. The van der Waals surface area contributed by atoms with Crippen LogP contribution in [0.2, 0.25) is 0 Å². The van der Waals surface area contributed by atoms with E-state index < -0.39 is 9.84 Å². The first-order chi connectivity index (χ1) is 15.5. The Balaban J connectivity index is 1.39. The van der Waals surface area contributed by atoms with Crippen molar-refractivity contribution < 1.29 is 13.2 Å². The van der Waals surface area contributed by atoms with Crippen molar-refractivity contribution in [3.63, 3.8) is 0 Å².